The number of nitro groups is 1. The predicted octanol–water partition coefficient (Wildman–Crippen LogP) is 1.70. The summed E-state index contributed by atoms with van der Waals surface area (Å²) in [5.74, 6) is 0.628. The van der Waals surface area contributed by atoms with Crippen LogP contribution in [0.15, 0.2) is 0 Å². The van der Waals surface area contributed by atoms with Gasteiger partial charge in [-0.3, -0.25) is 10.1 Å². The van der Waals surface area contributed by atoms with E-state index in [1.165, 1.54) is 0 Å². The van der Waals surface area contributed by atoms with E-state index in [-0.39, 0.29) is 23.5 Å². The highest BCUT2D eigenvalue weighted by Crippen LogP contribution is 2.48. The largest absolute Gasteiger partial charge is 0.396 e. The van der Waals surface area contributed by atoms with E-state index in [1.54, 1.807) is 6.92 Å². The maximum Gasteiger partial charge on any atom is 0.332 e. The summed E-state index contributed by atoms with van der Waals surface area (Å²) in [5.41, 5.74) is 0.303. The van der Waals surface area contributed by atoms with Crippen LogP contribution in [0.3, 0.4) is 0 Å². The van der Waals surface area contributed by atoms with Crippen molar-refractivity contribution in [2.45, 2.75) is 33.1 Å². The van der Waals surface area contributed by atoms with Crippen molar-refractivity contribution >= 4 is 17.5 Å². The summed E-state index contributed by atoms with van der Waals surface area (Å²) >= 11 is 0. The summed E-state index contributed by atoms with van der Waals surface area (Å²) < 4.78 is 0. The van der Waals surface area contributed by atoms with Crippen LogP contribution in [0.2, 0.25) is 0 Å². The van der Waals surface area contributed by atoms with E-state index in [0.29, 0.717) is 31.2 Å². The molecule has 0 aromatic carbocycles. The van der Waals surface area contributed by atoms with Gasteiger partial charge in [-0.05, 0) is 38.5 Å². The van der Waals surface area contributed by atoms with Crippen LogP contribution in [0.5, 0.6) is 0 Å². The first-order valence-electron chi connectivity index (χ1n) is 7.13. The number of aliphatic hydroxyl groups is 1. The number of nitrogens with one attached hydrogen (secondary N) is 2. The lowest BCUT2D eigenvalue weighted by Gasteiger charge is -2.16. The SMILES string of the molecule is CCNc1nc(C)c([N+](=O)[O-])c(NCC2(CCO)CC2)n1. The van der Waals surface area contributed by atoms with Crippen LogP contribution in [0.4, 0.5) is 17.5 Å². The number of aryl methyl sites for hydroxylation is 1. The van der Waals surface area contributed by atoms with Crippen molar-refractivity contribution in [2.24, 2.45) is 5.41 Å². The minimum atomic E-state index is -0.459. The highest BCUT2D eigenvalue weighted by atomic mass is 16.6. The molecule has 2 rings (SSSR count). The van der Waals surface area contributed by atoms with Gasteiger partial charge in [0.1, 0.15) is 5.69 Å². The Bertz CT molecular complexity index is 531. The van der Waals surface area contributed by atoms with E-state index in [4.69, 9.17) is 5.11 Å². The molecule has 8 nitrogen and oxygen atoms in total. The van der Waals surface area contributed by atoms with Crippen LogP contribution in [0.1, 0.15) is 31.9 Å². The Hall–Kier alpha value is -1.96. The van der Waals surface area contributed by atoms with E-state index in [2.05, 4.69) is 20.6 Å². The Labute approximate surface area is 123 Å². The standard InChI is InChI=1S/C13H21N5O3/c1-3-14-12-16-9(2)10(18(20)21)11(17-12)15-8-13(4-5-13)6-7-19/h19H,3-8H2,1-2H3,(H2,14,15,16,17). The molecule has 1 saturated carbocycles. The minimum absolute atomic E-state index is 0.0554. The first kappa shape index (κ1) is 15.4. The lowest BCUT2D eigenvalue weighted by atomic mass is 10.0. The molecule has 1 fully saturated rings. The maximum atomic E-state index is 11.2. The normalized spacial score (nSPS) is 15.6. The number of aromatic nitrogens is 2. The van der Waals surface area contributed by atoms with Gasteiger partial charge < -0.3 is 15.7 Å². The lowest BCUT2D eigenvalue weighted by molar-refractivity contribution is -0.385. The van der Waals surface area contributed by atoms with Gasteiger partial charge in [0.2, 0.25) is 11.8 Å². The van der Waals surface area contributed by atoms with E-state index >= 15 is 0 Å². The molecule has 21 heavy (non-hydrogen) atoms. The van der Waals surface area contributed by atoms with E-state index in [1.807, 2.05) is 6.92 Å². The highest BCUT2D eigenvalue weighted by Gasteiger charge is 2.42. The van der Waals surface area contributed by atoms with Crippen molar-refractivity contribution in [3.63, 3.8) is 0 Å². The summed E-state index contributed by atoms with van der Waals surface area (Å²) in [7, 11) is 0. The average molecular weight is 295 g/mol. The second kappa shape index (κ2) is 6.21. The van der Waals surface area contributed by atoms with Crippen LogP contribution >= 0.6 is 0 Å². The molecule has 1 aliphatic carbocycles. The summed E-state index contributed by atoms with van der Waals surface area (Å²) in [6, 6.07) is 0. The van der Waals surface area contributed by atoms with Crippen molar-refractivity contribution in [1.29, 1.82) is 0 Å². The van der Waals surface area contributed by atoms with E-state index in [0.717, 1.165) is 12.8 Å². The third-order valence-electron chi connectivity index (χ3n) is 3.81. The molecule has 1 heterocycles. The van der Waals surface area contributed by atoms with Crippen LogP contribution in [-0.2, 0) is 0 Å². The number of anilines is 2. The van der Waals surface area contributed by atoms with Crippen LogP contribution in [0.25, 0.3) is 0 Å². The molecule has 0 amide bonds. The maximum absolute atomic E-state index is 11.2. The molecule has 8 heteroatoms. The summed E-state index contributed by atoms with van der Waals surface area (Å²) in [6.45, 7) is 4.87. The molecule has 0 bridgehead atoms. The quantitative estimate of drug-likeness (QED) is 0.494. The Morgan fingerprint density at radius 3 is 2.62 bits per heavy atom. The molecule has 0 saturated heterocycles. The molecule has 0 aliphatic heterocycles. The first-order valence-corrected chi connectivity index (χ1v) is 7.13. The number of aliphatic hydroxyl groups excluding tert-OH is 1. The van der Waals surface area contributed by atoms with Crippen LogP contribution in [-0.4, -0.2) is 39.7 Å². The van der Waals surface area contributed by atoms with Gasteiger partial charge in [-0.25, -0.2) is 4.98 Å². The Morgan fingerprint density at radius 1 is 1.38 bits per heavy atom. The lowest BCUT2D eigenvalue weighted by Crippen LogP contribution is -2.19. The van der Waals surface area contributed by atoms with Gasteiger partial charge in [-0.15, -0.1) is 0 Å². The summed E-state index contributed by atoms with van der Waals surface area (Å²) in [5, 5.41) is 26.3. The Kier molecular flexibility index (Phi) is 4.56. The van der Waals surface area contributed by atoms with Gasteiger partial charge in [0.05, 0.1) is 4.92 Å². The van der Waals surface area contributed by atoms with Gasteiger partial charge >= 0.3 is 5.69 Å². The second-order valence-corrected chi connectivity index (χ2v) is 5.44. The molecule has 0 unspecified atom stereocenters. The van der Waals surface area contributed by atoms with E-state index < -0.39 is 4.92 Å². The van der Waals surface area contributed by atoms with Crippen molar-refractivity contribution in [2.75, 3.05) is 30.3 Å². The number of nitrogens with zero attached hydrogens (tertiary/aromatic N) is 3. The average Bonchev–Trinajstić information content (AvgIpc) is 3.16. The summed E-state index contributed by atoms with van der Waals surface area (Å²) in [6.07, 6.45) is 2.76. The van der Waals surface area contributed by atoms with Crippen molar-refractivity contribution in [3.8, 4) is 0 Å². The van der Waals surface area contributed by atoms with Gasteiger partial charge in [-0.2, -0.15) is 4.98 Å². The van der Waals surface area contributed by atoms with Crippen molar-refractivity contribution in [1.82, 2.24) is 9.97 Å². The fraction of sp³-hybridized carbons (Fsp3) is 0.692. The zero-order valence-corrected chi connectivity index (χ0v) is 12.3. The van der Waals surface area contributed by atoms with Crippen LogP contribution < -0.4 is 10.6 Å². The third-order valence-corrected chi connectivity index (χ3v) is 3.81. The van der Waals surface area contributed by atoms with Gasteiger partial charge in [0, 0.05) is 19.7 Å². The molecule has 0 atom stereocenters. The van der Waals surface area contributed by atoms with E-state index in [9.17, 15) is 10.1 Å². The van der Waals surface area contributed by atoms with Crippen molar-refractivity contribution < 1.29 is 10.0 Å². The smallest absolute Gasteiger partial charge is 0.332 e. The molecule has 1 aromatic heterocycles. The topological polar surface area (TPSA) is 113 Å². The summed E-state index contributed by atoms with van der Waals surface area (Å²) in [4.78, 5) is 19.0. The molecule has 0 spiro atoms. The molecule has 3 N–H and O–H groups in total. The molecule has 116 valence electrons. The predicted molar refractivity (Wildman–Crippen MR) is 79.4 cm³/mol. The molecule has 1 aliphatic rings. The number of rotatable bonds is 8. The van der Waals surface area contributed by atoms with Gasteiger partial charge in [-0.1, -0.05) is 0 Å². The Morgan fingerprint density at radius 2 is 2.10 bits per heavy atom. The van der Waals surface area contributed by atoms with Crippen LogP contribution in [0, 0.1) is 22.5 Å². The highest BCUT2D eigenvalue weighted by molar-refractivity contribution is 5.61. The van der Waals surface area contributed by atoms with Gasteiger partial charge in [0.15, 0.2) is 0 Å². The zero-order valence-electron chi connectivity index (χ0n) is 12.3. The second-order valence-electron chi connectivity index (χ2n) is 5.44. The number of hydrogen-bond acceptors (Lipinski definition) is 7. The van der Waals surface area contributed by atoms with Crippen molar-refractivity contribution in [3.05, 3.63) is 15.8 Å². The zero-order chi connectivity index (χ0) is 15.5. The molecular weight excluding hydrogens is 274 g/mol. The minimum Gasteiger partial charge on any atom is -0.396 e. The van der Waals surface area contributed by atoms with Gasteiger partial charge in [0.25, 0.3) is 0 Å². The molecule has 0 radical (unpaired) electrons. The molecular formula is C13H21N5O3. The monoisotopic (exact) mass is 295 g/mol. The molecule has 1 aromatic rings. The fourth-order valence-electron chi connectivity index (χ4n) is 2.35. The third kappa shape index (κ3) is 3.57. The Balaban J connectivity index is 2.21. The first-order chi connectivity index (χ1) is 10.0. The number of hydrogen-bond donors (Lipinski definition) is 3. The fourth-order valence-corrected chi connectivity index (χ4v) is 2.35.